The van der Waals surface area contributed by atoms with Crippen molar-refractivity contribution >= 4 is 5.91 Å². The van der Waals surface area contributed by atoms with Crippen molar-refractivity contribution in [3.63, 3.8) is 0 Å². The minimum Gasteiger partial charge on any atom is -0.406 e. The molecule has 0 bridgehead atoms. The topological polar surface area (TPSA) is 50.4 Å². The van der Waals surface area contributed by atoms with Crippen molar-refractivity contribution in [3.8, 4) is 5.75 Å². The Balaban J connectivity index is 1.73. The summed E-state index contributed by atoms with van der Waals surface area (Å²) in [5.74, 6) is 0.137. The Morgan fingerprint density at radius 3 is 2.50 bits per heavy atom. The van der Waals surface area contributed by atoms with Gasteiger partial charge >= 0.3 is 6.36 Å². The molecule has 1 saturated heterocycles. The van der Waals surface area contributed by atoms with Crippen molar-refractivity contribution in [3.05, 3.63) is 29.8 Å². The minimum atomic E-state index is -4.68. The summed E-state index contributed by atoms with van der Waals surface area (Å²) >= 11 is 0. The Kier molecular flexibility index (Phi) is 5.28. The van der Waals surface area contributed by atoms with Gasteiger partial charge in [-0.2, -0.15) is 0 Å². The highest BCUT2D eigenvalue weighted by molar-refractivity contribution is 5.78. The van der Waals surface area contributed by atoms with Crippen LogP contribution in [0.3, 0.4) is 0 Å². The number of hydrogen-bond acceptors (Lipinski definition) is 3. The highest BCUT2D eigenvalue weighted by atomic mass is 19.4. The summed E-state index contributed by atoms with van der Waals surface area (Å²) in [4.78, 5) is 11.9. The lowest BCUT2D eigenvalue weighted by molar-refractivity contribution is -0.274. The Labute approximate surface area is 127 Å². The van der Waals surface area contributed by atoms with Crippen molar-refractivity contribution < 1.29 is 22.7 Å². The number of carbonyl (C=O) groups excluding carboxylic acids is 1. The molecule has 0 saturated carbocycles. The third-order valence-corrected chi connectivity index (χ3v) is 3.80. The molecule has 7 heteroatoms. The van der Waals surface area contributed by atoms with Crippen LogP contribution in [0.4, 0.5) is 13.2 Å². The van der Waals surface area contributed by atoms with Crippen LogP contribution in [-0.4, -0.2) is 31.9 Å². The van der Waals surface area contributed by atoms with E-state index in [0.717, 1.165) is 18.7 Å². The molecule has 1 amide bonds. The van der Waals surface area contributed by atoms with Gasteiger partial charge in [0.05, 0.1) is 0 Å². The van der Waals surface area contributed by atoms with Gasteiger partial charge in [0.1, 0.15) is 5.75 Å². The van der Waals surface area contributed by atoms with Crippen LogP contribution in [0, 0.1) is 11.8 Å². The van der Waals surface area contributed by atoms with Crippen LogP contribution in [0.2, 0.25) is 0 Å². The van der Waals surface area contributed by atoms with Crippen LogP contribution in [0.15, 0.2) is 24.3 Å². The normalized spacial score (nSPS) is 16.7. The Bertz CT molecular complexity index is 499. The van der Waals surface area contributed by atoms with Gasteiger partial charge in [0.2, 0.25) is 5.91 Å². The molecule has 2 N–H and O–H groups in total. The first-order valence-electron chi connectivity index (χ1n) is 7.18. The van der Waals surface area contributed by atoms with Gasteiger partial charge in [-0.3, -0.25) is 4.79 Å². The summed E-state index contributed by atoms with van der Waals surface area (Å²) < 4.78 is 39.9. The van der Waals surface area contributed by atoms with Crippen molar-refractivity contribution in [1.29, 1.82) is 0 Å². The van der Waals surface area contributed by atoms with Gasteiger partial charge in [0.15, 0.2) is 0 Å². The zero-order valence-electron chi connectivity index (χ0n) is 12.2. The van der Waals surface area contributed by atoms with E-state index in [-0.39, 0.29) is 17.6 Å². The summed E-state index contributed by atoms with van der Waals surface area (Å²) in [5.41, 5.74) is 0.841. The van der Waals surface area contributed by atoms with Crippen molar-refractivity contribution in [1.82, 2.24) is 10.6 Å². The number of hydrogen-bond donors (Lipinski definition) is 2. The van der Waals surface area contributed by atoms with Crippen molar-refractivity contribution in [2.45, 2.75) is 19.7 Å². The molecule has 22 heavy (non-hydrogen) atoms. The number of alkyl halides is 3. The van der Waals surface area contributed by atoms with Crippen LogP contribution in [0.1, 0.15) is 12.5 Å². The molecule has 4 nitrogen and oxygen atoms in total. The molecule has 0 aromatic heterocycles. The Morgan fingerprint density at radius 1 is 1.36 bits per heavy atom. The van der Waals surface area contributed by atoms with Crippen LogP contribution in [0.5, 0.6) is 5.75 Å². The van der Waals surface area contributed by atoms with Crippen LogP contribution < -0.4 is 15.4 Å². The number of ether oxygens (including phenoxy) is 1. The van der Waals surface area contributed by atoms with Crippen LogP contribution in [0.25, 0.3) is 0 Å². The Morgan fingerprint density at radius 2 is 2.00 bits per heavy atom. The second-order valence-corrected chi connectivity index (χ2v) is 5.44. The van der Waals surface area contributed by atoms with E-state index in [9.17, 15) is 18.0 Å². The standard InChI is InChI=1S/C15H19F3N2O2/c1-10(12-8-19-9-12)14(21)20-7-6-11-2-4-13(5-3-11)22-15(16,17)18/h2-5,10,12,19H,6-9H2,1H3,(H,20,21). The molecular weight excluding hydrogens is 297 g/mol. The fourth-order valence-electron chi connectivity index (χ4n) is 2.23. The summed E-state index contributed by atoms with van der Waals surface area (Å²) in [6.45, 7) is 4.11. The smallest absolute Gasteiger partial charge is 0.406 e. The molecule has 1 aromatic carbocycles. The van der Waals surface area contributed by atoms with Gasteiger partial charge in [-0.05, 0) is 43.1 Å². The van der Waals surface area contributed by atoms with Gasteiger partial charge in [0, 0.05) is 12.5 Å². The summed E-state index contributed by atoms with van der Waals surface area (Å²) in [6.07, 6.45) is -4.12. The molecule has 0 aliphatic carbocycles. The first kappa shape index (κ1) is 16.6. The summed E-state index contributed by atoms with van der Waals surface area (Å²) in [5, 5.41) is 5.98. The molecule has 1 heterocycles. The van der Waals surface area contributed by atoms with E-state index in [1.165, 1.54) is 12.1 Å². The molecule has 0 radical (unpaired) electrons. The maximum absolute atomic E-state index is 12.0. The number of halogens is 3. The van der Waals surface area contributed by atoms with Gasteiger partial charge in [-0.15, -0.1) is 13.2 Å². The van der Waals surface area contributed by atoms with E-state index < -0.39 is 6.36 Å². The van der Waals surface area contributed by atoms with Crippen LogP contribution in [-0.2, 0) is 11.2 Å². The van der Waals surface area contributed by atoms with Gasteiger partial charge < -0.3 is 15.4 Å². The molecule has 1 fully saturated rings. The van der Waals surface area contributed by atoms with Gasteiger partial charge in [-0.25, -0.2) is 0 Å². The number of amides is 1. The third kappa shape index (κ3) is 4.91. The van der Waals surface area contributed by atoms with E-state index in [1.807, 2.05) is 6.92 Å². The first-order valence-corrected chi connectivity index (χ1v) is 7.18. The second-order valence-electron chi connectivity index (χ2n) is 5.44. The van der Waals surface area contributed by atoms with E-state index in [0.29, 0.717) is 18.9 Å². The number of nitrogens with one attached hydrogen (secondary N) is 2. The lowest BCUT2D eigenvalue weighted by atomic mass is 9.88. The molecule has 1 aromatic rings. The first-order chi connectivity index (χ1) is 10.3. The average Bonchev–Trinajstić information content (AvgIpc) is 2.37. The lowest BCUT2D eigenvalue weighted by Crippen LogP contribution is -2.49. The zero-order valence-corrected chi connectivity index (χ0v) is 12.2. The van der Waals surface area contributed by atoms with E-state index in [2.05, 4.69) is 15.4 Å². The molecule has 122 valence electrons. The second kappa shape index (κ2) is 7.00. The van der Waals surface area contributed by atoms with E-state index in [4.69, 9.17) is 0 Å². The van der Waals surface area contributed by atoms with E-state index in [1.54, 1.807) is 12.1 Å². The molecule has 0 spiro atoms. The SMILES string of the molecule is CC(C(=O)NCCc1ccc(OC(F)(F)F)cc1)C1CNC1. The fourth-order valence-corrected chi connectivity index (χ4v) is 2.23. The Hall–Kier alpha value is -1.76. The van der Waals surface area contributed by atoms with E-state index >= 15 is 0 Å². The van der Waals surface area contributed by atoms with Gasteiger partial charge in [0.25, 0.3) is 0 Å². The summed E-state index contributed by atoms with van der Waals surface area (Å²) in [6, 6.07) is 5.67. The predicted molar refractivity (Wildman–Crippen MR) is 75.4 cm³/mol. The maximum atomic E-state index is 12.0. The minimum absolute atomic E-state index is 0.0172. The zero-order chi connectivity index (χ0) is 16.2. The summed E-state index contributed by atoms with van der Waals surface area (Å²) in [7, 11) is 0. The fraction of sp³-hybridized carbons (Fsp3) is 0.533. The molecule has 1 aliphatic rings. The maximum Gasteiger partial charge on any atom is 0.573 e. The van der Waals surface area contributed by atoms with Crippen LogP contribution >= 0.6 is 0 Å². The predicted octanol–water partition coefficient (Wildman–Crippen LogP) is 2.10. The highest BCUT2D eigenvalue weighted by Crippen LogP contribution is 2.22. The average molecular weight is 316 g/mol. The highest BCUT2D eigenvalue weighted by Gasteiger charge is 2.31. The monoisotopic (exact) mass is 316 g/mol. The number of carbonyl (C=O) groups is 1. The molecule has 1 aliphatic heterocycles. The van der Waals surface area contributed by atoms with Gasteiger partial charge in [-0.1, -0.05) is 19.1 Å². The molecular formula is C15H19F3N2O2. The number of rotatable bonds is 6. The lowest BCUT2D eigenvalue weighted by Gasteiger charge is -2.31. The quantitative estimate of drug-likeness (QED) is 0.845. The molecule has 1 atom stereocenters. The third-order valence-electron chi connectivity index (χ3n) is 3.80. The molecule has 1 unspecified atom stereocenters. The largest absolute Gasteiger partial charge is 0.573 e. The van der Waals surface area contributed by atoms with Crippen molar-refractivity contribution in [2.75, 3.05) is 19.6 Å². The molecule has 2 rings (SSSR count). The van der Waals surface area contributed by atoms with Crippen molar-refractivity contribution in [2.24, 2.45) is 11.8 Å². The number of benzene rings is 1.